The third-order valence-corrected chi connectivity index (χ3v) is 3.50. The Morgan fingerprint density at radius 2 is 2.26 bits per heavy atom. The molecule has 0 saturated heterocycles. The second-order valence-electron chi connectivity index (χ2n) is 4.41. The summed E-state index contributed by atoms with van der Waals surface area (Å²) in [5.74, 6) is 0.895. The zero-order valence-electron chi connectivity index (χ0n) is 11.4. The molecule has 1 amide bonds. The zero-order valence-corrected chi connectivity index (χ0v) is 12.2. The summed E-state index contributed by atoms with van der Waals surface area (Å²) in [5.41, 5.74) is 6.38. The molecule has 3 N–H and O–H groups in total. The van der Waals surface area contributed by atoms with Crippen LogP contribution in [0.15, 0.2) is 18.2 Å². The molecule has 0 radical (unpaired) electrons. The number of benzene rings is 1. The Bertz CT molecular complexity index is 420. The van der Waals surface area contributed by atoms with Gasteiger partial charge in [0.05, 0.1) is 7.11 Å². The summed E-state index contributed by atoms with van der Waals surface area (Å²) in [5, 5.41) is 3.44. The molecule has 0 bridgehead atoms. The van der Waals surface area contributed by atoms with E-state index in [1.54, 1.807) is 13.2 Å². The molecule has 0 heterocycles. The summed E-state index contributed by atoms with van der Waals surface area (Å²) in [6.07, 6.45) is 1.35. The smallest absolute Gasteiger partial charge is 0.220 e. The predicted molar refractivity (Wildman–Crippen MR) is 77.3 cm³/mol. The Balaban J connectivity index is 2.59. The second-order valence-corrected chi connectivity index (χ2v) is 4.82. The van der Waals surface area contributed by atoms with Crippen molar-refractivity contribution in [2.24, 2.45) is 11.7 Å². The van der Waals surface area contributed by atoms with E-state index in [0.717, 1.165) is 12.0 Å². The number of rotatable bonds is 7. The van der Waals surface area contributed by atoms with Crippen molar-refractivity contribution in [3.8, 4) is 5.75 Å². The van der Waals surface area contributed by atoms with Gasteiger partial charge in [-0.25, -0.2) is 0 Å². The summed E-state index contributed by atoms with van der Waals surface area (Å²) in [6, 6.07) is 5.41. The number of hydrogen-bond acceptors (Lipinski definition) is 3. The molecule has 4 nitrogen and oxygen atoms in total. The number of nitrogens with two attached hydrogens (primary N) is 1. The molecule has 0 aliphatic carbocycles. The van der Waals surface area contributed by atoms with E-state index in [2.05, 4.69) is 5.32 Å². The first kappa shape index (κ1) is 15.8. The van der Waals surface area contributed by atoms with Gasteiger partial charge in [0.1, 0.15) is 5.75 Å². The maximum atomic E-state index is 11.8. The third kappa shape index (κ3) is 4.73. The standard InChI is InChI=1S/C14H21ClN2O2/c1-3-10(8-16)7-14(18)17-9-11-12(15)5-4-6-13(11)19-2/h4-6,10H,3,7-9,16H2,1-2H3,(H,17,18). The number of carbonyl (C=O) groups excluding carboxylic acids is 1. The fourth-order valence-electron chi connectivity index (χ4n) is 1.82. The van der Waals surface area contributed by atoms with Crippen molar-refractivity contribution in [1.82, 2.24) is 5.32 Å². The minimum absolute atomic E-state index is 0.0146. The highest BCUT2D eigenvalue weighted by Crippen LogP contribution is 2.25. The van der Waals surface area contributed by atoms with Crippen molar-refractivity contribution in [3.63, 3.8) is 0 Å². The number of nitrogens with one attached hydrogen (secondary N) is 1. The van der Waals surface area contributed by atoms with E-state index in [1.165, 1.54) is 0 Å². The van der Waals surface area contributed by atoms with Crippen molar-refractivity contribution in [1.29, 1.82) is 0 Å². The van der Waals surface area contributed by atoms with E-state index in [-0.39, 0.29) is 11.8 Å². The Labute approximate surface area is 119 Å². The molecule has 1 rings (SSSR count). The number of halogens is 1. The van der Waals surface area contributed by atoms with Gasteiger partial charge in [-0.15, -0.1) is 0 Å². The van der Waals surface area contributed by atoms with Crippen LogP contribution in [0.4, 0.5) is 0 Å². The lowest BCUT2D eigenvalue weighted by atomic mass is 10.0. The molecule has 0 saturated carbocycles. The first-order valence-corrected chi connectivity index (χ1v) is 6.78. The molecule has 1 aromatic rings. The lowest BCUT2D eigenvalue weighted by molar-refractivity contribution is -0.122. The minimum Gasteiger partial charge on any atom is -0.496 e. The SMILES string of the molecule is CCC(CN)CC(=O)NCc1c(Cl)cccc1OC. The van der Waals surface area contributed by atoms with Crippen molar-refractivity contribution in [3.05, 3.63) is 28.8 Å². The molecule has 1 aromatic carbocycles. The maximum absolute atomic E-state index is 11.8. The maximum Gasteiger partial charge on any atom is 0.220 e. The van der Waals surface area contributed by atoms with E-state index in [4.69, 9.17) is 22.1 Å². The van der Waals surface area contributed by atoms with Gasteiger partial charge in [-0.05, 0) is 24.6 Å². The van der Waals surface area contributed by atoms with Gasteiger partial charge in [-0.1, -0.05) is 31.0 Å². The number of hydrogen-bond donors (Lipinski definition) is 2. The Morgan fingerprint density at radius 3 is 2.84 bits per heavy atom. The Hall–Kier alpha value is -1.26. The number of carbonyl (C=O) groups is 1. The highest BCUT2D eigenvalue weighted by Gasteiger charge is 2.12. The first-order chi connectivity index (χ1) is 9.12. The van der Waals surface area contributed by atoms with Gasteiger partial charge < -0.3 is 15.8 Å². The first-order valence-electron chi connectivity index (χ1n) is 6.40. The molecule has 0 aliphatic rings. The van der Waals surface area contributed by atoms with Crippen LogP contribution in [0.3, 0.4) is 0 Å². The van der Waals surface area contributed by atoms with Gasteiger partial charge in [-0.2, -0.15) is 0 Å². The van der Waals surface area contributed by atoms with E-state index in [9.17, 15) is 4.79 Å². The molecule has 0 fully saturated rings. The predicted octanol–water partition coefficient (Wildman–Crippen LogP) is 2.34. The lowest BCUT2D eigenvalue weighted by Crippen LogP contribution is -2.27. The minimum atomic E-state index is -0.0146. The summed E-state index contributed by atoms with van der Waals surface area (Å²) in [4.78, 5) is 11.8. The lowest BCUT2D eigenvalue weighted by Gasteiger charge is -2.14. The molecule has 0 aromatic heterocycles. The normalized spacial score (nSPS) is 12.0. The largest absolute Gasteiger partial charge is 0.496 e. The number of ether oxygens (including phenoxy) is 1. The zero-order chi connectivity index (χ0) is 14.3. The van der Waals surface area contributed by atoms with Gasteiger partial charge in [-0.3, -0.25) is 4.79 Å². The van der Waals surface area contributed by atoms with Gasteiger partial charge in [0, 0.05) is 23.6 Å². The van der Waals surface area contributed by atoms with Crippen LogP contribution in [-0.2, 0) is 11.3 Å². The average molecular weight is 285 g/mol. The fourth-order valence-corrected chi connectivity index (χ4v) is 2.05. The molecular weight excluding hydrogens is 264 g/mol. The van der Waals surface area contributed by atoms with Gasteiger partial charge in [0.15, 0.2) is 0 Å². The molecule has 19 heavy (non-hydrogen) atoms. The van der Waals surface area contributed by atoms with Crippen molar-refractivity contribution in [2.45, 2.75) is 26.3 Å². The molecular formula is C14H21ClN2O2. The van der Waals surface area contributed by atoms with Crippen LogP contribution in [0.5, 0.6) is 5.75 Å². The molecule has 0 aliphatic heterocycles. The average Bonchev–Trinajstić information content (AvgIpc) is 2.43. The van der Waals surface area contributed by atoms with Gasteiger partial charge in [0.25, 0.3) is 0 Å². The van der Waals surface area contributed by atoms with Gasteiger partial charge >= 0.3 is 0 Å². The fraction of sp³-hybridized carbons (Fsp3) is 0.500. The topological polar surface area (TPSA) is 64.4 Å². The molecule has 1 unspecified atom stereocenters. The van der Waals surface area contributed by atoms with Crippen LogP contribution < -0.4 is 15.8 Å². The van der Waals surface area contributed by atoms with Crippen LogP contribution in [0.2, 0.25) is 5.02 Å². The summed E-state index contributed by atoms with van der Waals surface area (Å²) in [7, 11) is 1.58. The van der Waals surface area contributed by atoms with Crippen LogP contribution in [-0.4, -0.2) is 19.6 Å². The van der Waals surface area contributed by atoms with Crippen LogP contribution in [0, 0.1) is 5.92 Å². The van der Waals surface area contributed by atoms with E-state index in [0.29, 0.717) is 30.3 Å². The molecule has 0 spiro atoms. The Kier molecular flexibility index (Phi) is 6.67. The van der Waals surface area contributed by atoms with Crippen molar-refractivity contribution in [2.75, 3.05) is 13.7 Å². The highest BCUT2D eigenvalue weighted by atomic mass is 35.5. The monoisotopic (exact) mass is 284 g/mol. The quantitative estimate of drug-likeness (QED) is 0.808. The summed E-state index contributed by atoms with van der Waals surface area (Å²) < 4.78 is 5.23. The third-order valence-electron chi connectivity index (χ3n) is 3.14. The molecule has 106 valence electrons. The highest BCUT2D eigenvalue weighted by molar-refractivity contribution is 6.31. The number of amides is 1. The van der Waals surface area contributed by atoms with Crippen molar-refractivity contribution < 1.29 is 9.53 Å². The van der Waals surface area contributed by atoms with Crippen LogP contribution in [0.1, 0.15) is 25.3 Å². The number of methoxy groups -OCH3 is 1. The van der Waals surface area contributed by atoms with Gasteiger partial charge in [0.2, 0.25) is 5.91 Å². The van der Waals surface area contributed by atoms with E-state index in [1.807, 2.05) is 19.1 Å². The van der Waals surface area contributed by atoms with Crippen LogP contribution >= 0.6 is 11.6 Å². The Morgan fingerprint density at radius 1 is 1.53 bits per heavy atom. The second kappa shape index (κ2) is 8.02. The van der Waals surface area contributed by atoms with E-state index < -0.39 is 0 Å². The van der Waals surface area contributed by atoms with Crippen molar-refractivity contribution >= 4 is 17.5 Å². The van der Waals surface area contributed by atoms with E-state index >= 15 is 0 Å². The van der Waals surface area contributed by atoms with Crippen LogP contribution in [0.25, 0.3) is 0 Å². The molecule has 1 atom stereocenters. The molecule has 5 heteroatoms. The summed E-state index contributed by atoms with van der Waals surface area (Å²) in [6.45, 7) is 2.92. The summed E-state index contributed by atoms with van der Waals surface area (Å²) >= 11 is 6.10.